The molecule has 0 saturated carbocycles. The number of para-hydroxylation sites is 1. The predicted octanol–water partition coefficient (Wildman–Crippen LogP) is 2.15. The van der Waals surface area contributed by atoms with Crippen LogP contribution in [0.5, 0.6) is 0 Å². The maximum absolute atomic E-state index is 12.3. The van der Waals surface area contributed by atoms with Crippen LogP contribution in [0.1, 0.15) is 11.1 Å². The van der Waals surface area contributed by atoms with Gasteiger partial charge in [0.05, 0.1) is 18.0 Å². The Morgan fingerprint density at radius 3 is 2.05 bits per heavy atom. The van der Waals surface area contributed by atoms with Gasteiger partial charge in [-0.05, 0) is 23.3 Å². The monoisotopic (exact) mass is 291 g/mol. The van der Waals surface area contributed by atoms with E-state index in [2.05, 4.69) is 0 Å². The molecule has 0 aliphatic carbocycles. The molecule has 0 aromatic heterocycles. The summed E-state index contributed by atoms with van der Waals surface area (Å²) >= 11 is 0. The molecule has 0 radical (unpaired) electrons. The highest BCUT2D eigenvalue weighted by atomic mass is 32.2. The first-order valence-electron chi connectivity index (χ1n) is 6.23. The van der Waals surface area contributed by atoms with Gasteiger partial charge in [-0.1, -0.05) is 42.5 Å². The van der Waals surface area contributed by atoms with Crippen LogP contribution in [0.3, 0.4) is 0 Å². The highest BCUT2D eigenvalue weighted by molar-refractivity contribution is 7.92. The summed E-state index contributed by atoms with van der Waals surface area (Å²) in [5.74, 6) is -0.0654. The van der Waals surface area contributed by atoms with E-state index in [0.717, 1.165) is 5.56 Å². The van der Waals surface area contributed by atoms with E-state index in [1.807, 2.05) is 6.07 Å². The molecule has 20 heavy (non-hydrogen) atoms. The van der Waals surface area contributed by atoms with Gasteiger partial charge >= 0.3 is 0 Å². The van der Waals surface area contributed by atoms with Crippen LogP contribution < -0.4 is 4.31 Å². The van der Waals surface area contributed by atoms with E-state index in [1.54, 1.807) is 55.6 Å². The summed E-state index contributed by atoms with van der Waals surface area (Å²) in [6.07, 6.45) is 0. The van der Waals surface area contributed by atoms with Crippen LogP contribution in [0, 0.1) is 0 Å². The smallest absolute Gasteiger partial charge is 0.239 e. The van der Waals surface area contributed by atoms with Crippen LogP contribution in [-0.2, 0) is 22.4 Å². The number of rotatable bonds is 5. The number of sulfonamides is 1. The van der Waals surface area contributed by atoms with Crippen molar-refractivity contribution in [3.05, 3.63) is 65.7 Å². The van der Waals surface area contributed by atoms with Gasteiger partial charge in [0.1, 0.15) is 0 Å². The van der Waals surface area contributed by atoms with Crippen molar-refractivity contribution in [2.24, 2.45) is 0 Å². The fraction of sp³-hybridized carbons (Fsp3) is 0.200. The summed E-state index contributed by atoms with van der Waals surface area (Å²) in [7, 11) is -1.87. The first-order chi connectivity index (χ1) is 9.53. The molecule has 2 aromatic rings. The molecule has 0 unspecified atom stereocenters. The van der Waals surface area contributed by atoms with Crippen molar-refractivity contribution in [1.82, 2.24) is 0 Å². The Balaban J connectivity index is 2.18. The third-order valence-corrected chi connectivity index (χ3v) is 4.84. The van der Waals surface area contributed by atoms with Crippen molar-refractivity contribution in [3.8, 4) is 0 Å². The van der Waals surface area contributed by atoms with Gasteiger partial charge < -0.3 is 5.11 Å². The van der Waals surface area contributed by atoms with Crippen LogP contribution in [0.4, 0.5) is 5.69 Å². The average molecular weight is 291 g/mol. The Kier molecular flexibility index (Phi) is 4.42. The summed E-state index contributed by atoms with van der Waals surface area (Å²) in [4.78, 5) is 0. The summed E-state index contributed by atoms with van der Waals surface area (Å²) in [5.41, 5.74) is 2.10. The number of aliphatic hydroxyl groups excluding tert-OH is 1. The Morgan fingerprint density at radius 2 is 1.50 bits per heavy atom. The molecule has 0 atom stereocenters. The molecular weight excluding hydrogens is 274 g/mol. The zero-order valence-electron chi connectivity index (χ0n) is 11.2. The standard InChI is InChI=1S/C15H17NO3S/c1-16(15-5-3-2-4-6-15)20(18,19)12-14-9-7-13(11-17)8-10-14/h2-10,17H,11-12H2,1H3. The second-order valence-corrected chi connectivity index (χ2v) is 6.53. The summed E-state index contributed by atoms with van der Waals surface area (Å²) in [6, 6.07) is 15.9. The molecule has 0 amide bonds. The second-order valence-electron chi connectivity index (χ2n) is 4.53. The SMILES string of the molecule is CN(c1ccccc1)S(=O)(=O)Cc1ccc(CO)cc1. The highest BCUT2D eigenvalue weighted by Gasteiger charge is 2.18. The van der Waals surface area contributed by atoms with E-state index < -0.39 is 10.0 Å². The number of aliphatic hydroxyl groups is 1. The quantitative estimate of drug-likeness (QED) is 0.918. The van der Waals surface area contributed by atoms with Crippen LogP contribution in [0.25, 0.3) is 0 Å². The zero-order valence-corrected chi connectivity index (χ0v) is 12.0. The molecule has 106 valence electrons. The Labute approximate surface area is 119 Å². The number of hydrogen-bond acceptors (Lipinski definition) is 3. The fourth-order valence-corrected chi connectivity index (χ4v) is 3.10. The zero-order chi connectivity index (χ0) is 14.6. The summed E-state index contributed by atoms with van der Waals surface area (Å²) in [6.45, 7) is -0.0447. The first kappa shape index (κ1) is 14.6. The van der Waals surface area contributed by atoms with E-state index in [9.17, 15) is 8.42 Å². The predicted molar refractivity (Wildman–Crippen MR) is 79.8 cm³/mol. The van der Waals surface area contributed by atoms with Gasteiger partial charge in [0, 0.05) is 7.05 Å². The largest absolute Gasteiger partial charge is 0.392 e. The maximum atomic E-state index is 12.3. The lowest BCUT2D eigenvalue weighted by atomic mass is 10.2. The van der Waals surface area contributed by atoms with Crippen molar-refractivity contribution in [2.75, 3.05) is 11.4 Å². The van der Waals surface area contributed by atoms with Gasteiger partial charge in [0.15, 0.2) is 0 Å². The summed E-state index contributed by atoms with van der Waals surface area (Å²) < 4.78 is 25.9. The Morgan fingerprint density at radius 1 is 0.950 bits per heavy atom. The minimum absolute atomic E-state index is 0.0447. The van der Waals surface area contributed by atoms with E-state index in [1.165, 1.54) is 4.31 Å². The van der Waals surface area contributed by atoms with Gasteiger partial charge in [-0.2, -0.15) is 0 Å². The summed E-state index contributed by atoms with van der Waals surface area (Å²) in [5, 5.41) is 8.97. The minimum atomic E-state index is -3.42. The molecule has 2 rings (SSSR count). The van der Waals surface area contributed by atoms with Crippen LogP contribution in [0.15, 0.2) is 54.6 Å². The van der Waals surface area contributed by atoms with Crippen LogP contribution in [-0.4, -0.2) is 20.6 Å². The topological polar surface area (TPSA) is 57.6 Å². The third kappa shape index (κ3) is 3.37. The molecule has 4 nitrogen and oxygen atoms in total. The number of benzene rings is 2. The number of anilines is 1. The highest BCUT2D eigenvalue weighted by Crippen LogP contribution is 2.18. The average Bonchev–Trinajstić information content (AvgIpc) is 2.48. The van der Waals surface area contributed by atoms with Gasteiger partial charge in [0.2, 0.25) is 10.0 Å². The van der Waals surface area contributed by atoms with Gasteiger partial charge in [-0.3, -0.25) is 4.31 Å². The Hall–Kier alpha value is -1.85. The van der Waals surface area contributed by atoms with Gasteiger partial charge in [0.25, 0.3) is 0 Å². The van der Waals surface area contributed by atoms with Crippen LogP contribution >= 0.6 is 0 Å². The maximum Gasteiger partial charge on any atom is 0.239 e. The van der Waals surface area contributed by atoms with Crippen molar-refractivity contribution >= 4 is 15.7 Å². The molecule has 0 fully saturated rings. The molecule has 0 aliphatic heterocycles. The van der Waals surface area contributed by atoms with Crippen molar-refractivity contribution in [1.29, 1.82) is 0 Å². The van der Waals surface area contributed by atoms with E-state index >= 15 is 0 Å². The third-order valence-electron chi connectivity index (χ3n) is 3.09. The van der Waals surface area contributed by atoms with E-state index in [0.29, 0.717) is 11.3 Å². The second kappa shape index (κ2) is 6.07. The lowest BCUT2D eigenvalue weighted by Gasteiger charge is -2.19. The number of hydrogen-bond donors (Lipinski definition) is 1. The molecule has 0 bridgehead atoms. The molecule has 0 aliphatic rings. The lowest BCUT2D eigenvalue weighted by molar-refractivity contribution is 0.282. The molecule has 0 spiro atoms. The molecule has 5 heteroatoms. The van der Waals surface area contributed by atoms with Gasteiger partial charge in [-0.25, -0.2) is 8.42 Å². The van der Waals surface area contributed by atoms with E-state index in [-0.39, 0.29) is 12.4 Å². The van der Waals surface area contributed by atoms with Crippen molar-refractivity contribution < 1.29 is 13.5 Å². The Bertz CT molecular complexity index is 651. The number of nitrogens with zero attached hydrogens (tertiary/aromatic N) is 1. The normalized spacial score (nSPS) is 11.3. The van der Waals surface area contributed by atoms with Crippen molar-refractivity contribution in [2.45, 2.75) is 12.4 Å². The lowest BCUT2D eigenvalue weighted by Crippen LogP contribution is -2.27. The minimum Gasteiger partial charge on any atom is -0.392 e. The van der Waals surface area contributed by atoms with Crippen molar-refractivity contribution in [3.63, 3.8) is 0 Å². The van der Waals surface area contributed by atoms with Crippen LogP contribution in [0.2, 0.25) is 0 Å². The molecule has 0 heterocycles. The van der Waals surface area contributed by atoms with Gasteiger partial charge in [-0.15, -0.1) is 0 Å². The molecule has 2 aromatic carbocycles. The molecule has 0 saturated heterocycles. The molecule has 1 N–H and O–H groups in total. The fourth-order valence-electron chi connectivity index (χ4n) is 1.85. The first-order valence-corrected chi connectivity index (χ1v) is 7.84. The molecular formula is C15H17NO3S. The van der Waals surface area contributed by atoms with E-state index in [4.69, 9.17) is 5.11 Å².